The Morgan fingerprint density at radius 3 is 2.37 bits per heavy atom. The molecule has 0 aliphatic carbocycles. The molecule has 1 heterocycles. The van der Waals surface area contributed by atoms with Gasteiger partial charge in [-0.2, -0.15) is 0 Å². The molecule has 1 unspecified atom stereocenters. The van der Waals surface area contributed by atoms with Gasteiger partial charge >= 0.3 is 0 Å². The number of furan rings is 1. The van der Waals surface area contributed by atoms with E-state index >= 15 is 0 Å². The molecule has 0 saturated heterocycles. The van der Waals surface area contributed by atoms with Crippen molar-refractivity contribution in [3.8, 4) is 0 Å². The minimum Gasteiger partial charge on any atom is -0.464 e. The van der Waals surface area contributed by atoms with E-state index in [1.165, 1.54) is 0 Å². The number of hydrogen-bond acceptors (Lipinski definition) is 2. The van der Waals surface area contributed by atoms with Crippen molar-refractivity contribution in [2.45, 2.75) is 19.4 Å². The topological polar surface area (TPSA) is 25.2 Å². The van der Waals surface area contributed by atoms with Gasteiger partial charge in [-0.25, -0.2) is 13.2 Å². The fourth-order valence-corrected chi connectivity index (χ4v) is 1.95. The predicted molar refractivity (Wildman–Crippen MR) is 65.3 cm³/mol. The first-order valence-electron chi connectivity index (χ1n) is 5.97. The Bertz CT molecular complexity index is 580. The van der Waals surface area contributed by atoms with E-state index in [1.807, 2.05) is 6.92 Å². The van der Waals surface area contributed by atoms with Gasteiger partial charge in [-0.3, -0.25) is 0 Å². The minimum absolute atomic E-state index is 0.0124. The number of rotatable bonds is 4. The van der Waals surface area contributed by atoms with Crippen LogP contribution in [0.1, 0.15) is 30.0 Å². The predicted octanol–water partition coefficient (Wildman–Crippen LogP) is 3.57. The van der Waals surface area contributed by atoms with Crippen LogP contribution in [0, 0.1) is 17.5 Å². The molecule has 0 saturated carbocycles. The lowest BCUT2D eigenvalue weighted by molar-refractivity contribution is 0.421. The van der Waals surface area contributed by atoms with Crippen molar-refractivity contribution in [1.29, 1.82) is 0 Å². The average Bonchev–Trinajstić information content (AvgIpc) is 2.85. The maximum absolute atomic E-state index is 13.8. The summed E-state index contributed by atoms with van der Waals surface area (Å²) in [6.07, 6.45) is 0.705. The highest BCUT2D eigenvalue weighted by Crippen LogP contribution is 2.27. The maximum Gasteiger partial charge on any atom is 0.161 e. The van der Waals surface area contributed by atoms with Crippen LogP contribution in [0.4, 0.5) is 13.2 Å². The van der Waals surface area contributed by atoms with Crippen molar-refractivity contribution in [1.82, 2.24) is 5.32 Å². The Labute approximate surface area is 109 Å². The van der Waals surface area contributed by atoms with Crippen molar-refractivity contribution in [2.75, 3.05) is 7.05 Å². The summed E-state index contributed by atoms with van der Waals surface area (Å²) in [6, 6.07) is 4.20. The molecule has 1 atom stereocenters. The van der Waals surface area contributed by atoms with Gasteiger partial charge in [-0.05, 0) is 25.2 Å². The third kappa shape index (κ3) is 2.66. The fraction of sp³-hybridized carbons (Fsp3) is 0.286. The molecular weight excluding hydrogens is 255 g/mol. The monoisotopic (exact) mass is 269 g/mol. The normalized spacial score (nSPS) is 12.7. The molecule has 19 heavy (non-hydrogen) atoms. The van der Waals surface area contributed by atoms with Crippen LogP contribution in [0.5, 0.6) is 0 Å². The largest absolute Gasteiger partial charge is 0.464 e. The molecule has 102 valence electrons. The molecule has 0 aliphatic heterocycles. The molecule has 1 aromatic heterocycles. The molecule has 0 bridgehead atoms. The van der Waals surface area contributed by atoms with Crippen molar-refractivity contribution < 1.29 is 17.6 Å². The lowest BCUT2D eigenvalue weighted by atomic mass is 10.0. The molecule has 5 heteroatoms. The van der Waals surface area contributed by atoms with Crippen LogP contribution in [0.15, 0.2) is 28.7 Å². The quantitative estimate of drug-likeness (QED) is 0.858. The molecule has 0 amide bonds. The summed E-state index contributed by atoms with van der Waals surface area (Å²) in [5.74, 6) is -1.89. The molecular formula is C14H14F3NO. The highest BCUT2D eigenvalue weighted by molar-refractivity contribution is 5.30. The van der Waals surface area contributed by atoms with E-state index in [-0.39, 0.29) is 5.56 Å². The van der Waals surface area contributed by atoms with Gasteiger partial charge in [0.15, 0.2) is 11.6 Å². The summed E-state index contributed by atoms with van der Waals surface area (Å²) < 4.78 is 45.4. The summed E-state index contributed by atoms with van der Waals surface area (Å²) >= 11 is 0. The molecule has 0 aliphatic rings. The van der Waals surface area contributed by atoms with Gasteiger partial charge in [0.2, 0.25) is 0 Å². The zero-order valence-corrected chi connectivity index (χ0v) is 10.6. The first-order valence-corrected chi connectivity index (χ1v) is 5.97. The Kier molecular flexibility index (Phi) is 3.95. The highest BCUT2D eigenvalue weighted by atomic mass is 19.2. The van der Waals surface area contributed by atoms with Gasteiger partial charge in [0.25, 0.3) is 0 Å². The number of nitrogens with one attached hydrogen (secondary N) is 1. The van der Waals surface area contributed by atoms with Crippen molar-refractivity contribution in [3.05, 3.63) is 58.8 Å². The second kappa shape index (κ2) is 5.48. The van der Waals surface area contributed by atoms with Gasteiger partial charge < -0.3 is 9.73 Å². The van der Waals surface area contributed by atoms with Crippen LogP contribution in [0.3, 0.4) is 0 Å². The molecule has 1 aromatic carbocycles. The lowest BCUT2D eigenvalue weighted by Crippen LogP contribution is -2.19. The maximum atomic E-state index is 13.8. The summed E-state index contributed by atoms with van der Waals surface area (Å²) in [7, 11) is 1.60. The third-order valence-corrected chi connectivity index (χ3v) is 2.95. The Morgan fingerprint density at radius 2 is 1.79 bits per heavy atom. The van der Waals surface area contributed by atoms with E-state index in [0.717, 1.165) is 11.8 Å². The fourth-order valence-electron chi connectivity index (χ4n) is 1.95. The van der Waals surface area contributed by atoms with Crippen LogP contribution < -0.4 is 5.32 Å². The van der Waals surface area contributed by atoms with Gasteiger partial charge in [0.1, 0.15) is 17.3 Å². The van der Waals surface area contributed by atoms with E-state index in [2.05, 4.69) is 5.32 Å². The van der Waals surface area contributed by atoms with Gasteiger partial charge in [0, 0.05) is 18.1 Å². The SMILES string of the molecule is CCc1ccc(C(NC)c2cc(F)c(F)cc2F)o1. The van der Waals surface area contributed by atoms with E-state index in [4.69, 9.17) is 4.42 Å². The van der Waals surface area contributed by atoms with E-state index in [0.29, 0.717) is 18.2 Å². The van der Waals surface area contributed by atoms with Crippen molar-refractivity contribution in [3.63, 3.8) is 0 Å². The number of hydrogen-bond donors (Lipinski definition) is 1. The summed E-state index contributed by atoms with van der Waals surface area (Å²) in [5.41, 5.74) is 0.0124. The number of halogens is 3. The van der Waals surface area contributed by atoms with Gasteiger partial charge in [-0.15, -0.1) is 0 Å². The van der Waals surface area contributed by atoms with Crippen LogP contribution >= 0.6 is 0 Å². The van der Waals surface area contributed by atoms with Crippen LogP contribution in [-0.2, 0) is 6.42 Å². The van der Waals surface area contributed by atoms with Gasteiger partial charge in [0.05, 0.1) is 6.04 Å². The highest BCUT2D eigenvalue weighted by Gasteiger charge is 2.21. The Morgan fingerprint density at radius 1 is 1.11 bits per heavy atom. The summed E-state index contributed by atoms with van der Waals surface area (Å²) in [5, 5.41) is 2.84. The first-order chi connectivity index (χ1) is 9.06. The van der Waals surface area contributed by atoms with Crippen molar-refractivity contribution in [2.24, 2.45) is 0 Å². The van der Waals surface area contributed by atoms with E-state index < -0.39 is 23.5 Å². The van der Waals surface area contributed by atoms with Crippen molar-refractivity contribution >= 4 is 0 Å². The van der Waals surface area contributed by atoms with Gasteiger partial charge in [-0.1, -0.05) is 6.92 Å². The molecule has 0 radical (unpaired) electrons. The van der Waals surface area contributed by atoms with E-state index in [9.17, 15) is 13.2 Å². The smallest absolute Gasteiger partial charge is 0.161 e. The Hall–Kier alpha value is -1.75. The number of aryl methyl sites for hydroxylation is 1. The molecule has 2 rings (SSSR count). The second-order valence-corrected chi connectivity index (χ2v) is 4.17. The number of benzene rings is 1. The van der Waals surface area contributed by atoms with Crippen LogP contribution in [0.25, 0.3) is 0 Å². The molecule has 1 N–H and O–H groups in total. The zero-order valence-electron chi connectivity index (χ0n) is 10.6. The lowest BCUT2D eigenvalue weighted by Gasteiger charge is -2.15. The minimum atomic E-state index is -1.20. The summed E-state index contributed by atoms with van der Waals surface area (Å²) in [6.45, 7) is 1.93. The standard InChI is InChI=1S/C14H14F3NO/c1-3-8-4-5-13(19-8)14(18-2)9-6-11(16)12(17)7-10(9)15/h4-7,14,18H,3H2,1-2H3. The third-order valence-electron chi connectivity index (χ3n) is 2.95. The molecule has 0 spiro atoms. The zero-order chi connectivity index (χ0) is 14.0. The van der Waals surface area contributed by atoms with E-state index in [1.54, 1.807) is 19.2 Å². The average molecular weight is 269 g/mol. The molecule has 2 aromatic rings. The first kappa shape index (κ1) is 13.7. The summed E-state index contributed by atoms with van der Waals surface area (Å²) in [4.78, 5) is 0. The second-order valence-electron chi connectivity index (χ2n) is 4.17. The molecule has 2 nitrogen and oxygen atoms in total. The Balaban J connectivity index is 2.44. The van der Waals surface area contributed by atoms with Crippen LogP contribution in [-0.4, -0.2) is 7.05 Å². The molecule has 0 fully saturated rings. The van der Waals surface area contributed by atoms with Crippen LogP contribution in [0.2, 0.25) is 0 Å².